The van der Waals surface area contributed by atoms with Gasteiger partial charge in [-0.1, -0.05) is 18.2 Å². The minimum atomic E-state index is -0.873. The molecule has 3 N–H and O–H groups in total. The second kappa shape index (κ2) is 7.88. The first kappa shape index (κ1) is 17.9. The van der Waals surface area contributed by atoms with Crippen molar-refractivity contribution < 1.29 is 19.1 Å². The normalized spacial score (nSPS) is 12.5. The number of benzene rings is 1. The monoisotopic (exact) mass is 332 g/mol. The van der Waals surface area contributed by atoms with Gasteiger partial charge in [0.25, 0.3) is 0 Å². The number of hydrogen-bond acceptors (Lipinski definition) is 4. The van der Waals surface area contributed by atoms with Crippen LogP contribution in [0.1, 0.15) is 38.2 Å². The van der Waals surface area contributed by atoms with Crippen molar-refractivity contribution >= 4 is 6.03 Å². The zero-order valence-corrected chi connectivity index (χ0v) is 14.2. The van der Waals surface area contributed by atoms with E-state index in [4.69, 9.17) is 9.15 Å². The third kappa shape index (κ3) is 5.62. The third-order valence-corrected chi connectivity index (χ3v) is 3.16. The van der Waals surface area contributed by atoms with E-state index >= 15 is 0 Å². The second-order valence-electron chi connectivity index (χ2n) is 6.42. The van der Waals surface area contributed by atoms with Gasteiger partial charge in [0.2, 0.25) is 0 Å². The van der Waals surface area contributed by atoms with Crippen LogP contribution in [0.3, 0.4) is 0 Å². The van der Waals surface area contributed by atoms with Gasteiger partial charge in [-0.3, -0.25) is 0 Å². The van der Waals surface area contributed by atoms with Gasteiger partial charge >= 0.3 is 6.03 Å². The Morgan fingerprint density at radius 3 is 2.62 bits per heavy atom. The summed E-state index contributed by atoms with van der Waals surface area (Å²) >= 11 is 0. The van der Waals surface area contributed by atoms with Crippen molar-refractivity contribution in [1.82, 2.24) is 10.6 Å². The van der Waals surface area contributed by atoms with Crippen molar-refractivity contribution in [3.8, 4) is 5.75 Å². The average Bonchev–Trinajstić information content (AvgIpc) is 3.04. The van der Waals surface area contributed by atoms with Crippen LogP contribution >= 0.6 is 0 Å². The van der Waals surface area contributed by atoms with Crippen LogP contribution in [0.15, 0.2) is 47.1 Å². The Kier molecular flexibility index (Phi) is 5.87. The highest BCUT2D eigenvalue weighted by atomic mass is 16.5. The molecule has 6 nitrogen and oxygen atoms in total. The first-order chi connectivity index (χ1) is 11.3. The van der Waals surface area contributed by atoms with Gasteiger partial charge in [0.15, 0.2) is 0 Å². The largest absolute Gasteiger partial charge is 0.488 e. The van der Waals surface area contributed by atoms with Crippen LogP contribution in [-0.4, -0.2) is 23.3 Å². The Morgan fingerprint density at radius 2 is 1.96 bits per heavy atom. The Bertz CT molecular complexity index is 647. The SMILES string of the molecule is CC(C)(C)Oc1ccccc1CNC(=O)NCC(O)c1ccco1. The molecular formula is C18H24N2O4. The van der Waals surface area contributed by atoms with Crippen molar-refractivity contribution in [2.24, 2.45) is 0 Å². The second-order valence-corrected chi connectivity index (χ2v) is 6.42. The van der Waals surface area contributed by atoms with Crippen LogP contribution in [0.4, 0.5) is 4.79 Å². The third-order valence-electron chi connectivity index (χ3n) is 3.16. The molecule has 6 heteroatoms. The molecule has 0 aliphatic rings. The van der Waals surface area contributed by atoms with Crippen LogP contribution in [0.2, 0.25) is 0 Å². The summed E-state index contributed by atoms with van der Waals surface area (Å²) in [6.45, 7) is 6.31. The summed E-state index contributed by atoms with van der Waals surface area (Å²) < 4.78 is 11.0. The van der Waals surface area contributed by atoms with E-state index in [1.165, 1.54) is 6.26 Å². The summed E-state index contributed by atoms with van der Waals surface area (Å²) in [5, 5.41) is 15.2. The predicted octanol–water partition coefficient (Wildman–Crippen LogP) is 2.99. The lowest BCUT2D eigenvalue weighted by molar-refractivity contribution is 0.129. The van der Waals surface area contributed by atoms with Gasteiger partial charge in [-0.05, 0) is 39.0 Å². The van der Waals surface area contributed by atoms with E-state index in [-0.39, 0.29) is 18.2 Å². The number of carbonyl (C=O) groups is 1. The smallest absolute Gasteiger partial charge is 0.315 e. The molecule has 0 spiro atoms. The van der Waals surface area contributed by atoms with Crippen LogP contribution in [0.5, 0.6) is 5.75 Å². The quantitative estimate of drug-likeness (QED) is 0.759. The lowest BCUT2D eigenvalue weighted by Gasteiger charge is -2.23. The predicted molar refractivity (Wildman–Crippen MR) is 90.7 cm³/mol. The topological polar surface area (TPSA) is 83.7 Å². The van der Waals surface area contributed by atoms with E-state index in [1.54, 1.807) is 12.1 Å². The molecule has 24 heavy (non-hydrogen) atoms. The lowest BCUT2D eigenvalue weighted by atomic mass is 10.1. The zero-order valence-electron chi connectivity index (χ0n) is 14.2. The molecule has 2 amide bonds. The highest BCUT2D eigenvalue weighted by Crippen LogP contribution is 2.22. The molecule has 1 aromatic heterocycles. The van der Waals surface area contributed by atoms with Gasteiger partial charge in [0.1, 0.15) is 23.2 Å². The van der Waals surface area contributed by atoms with Crippen molar-refractivity contribution in [2.75, 3.05) is 6.54 Å². The van der Waals surface area contributed by atoms with E-state index in [0.717, 1.165) is 11.3 Å². The number of carbonyl (C=O) groups excluding carboxylic acids is 1. The number of amides is 2. The fourth-order valence-corrected chi connectivity index (χ4v) is 2.09. The van der Waals surface area contributed by atoms with Gasteiger partial charge in [0, 0.05) is 12.1 Å². The summed E-state index contributed by atoms with van der Waals surface area (Å²) in [6, 6.07) is 10.5. The van der Waals surface area contributed by atoms with Crippen molar-refractivity contribution in [3.05, 3.63) is 54.0 Å². The summed E-state index contributed by atoms with van der Waals surface area (Å²) in [4.78, 5) is 11.9. The Morgan fingerprint density at radius 1 is 1.21 bits per heavy atom. The van der Waals surface area contributed by atoms with Crippen LogP contribution in [0.25, 0.3) is 0 Å². The molecule has 2 rings (SSSR count). The Hall–Kier alpha value is -2.47. The molecule has 0 aliphatic heterocycles. The molecule has 0 saturated heterocycles. The first-order valence-electron chi connectivity index (χ1n) is 7.85. The number of para-hydroxylation sites is 1. The highest BCUT2D eigenvalue weighted by Gasteiger charge is 2.15. The Labute approximate surface area is 141 Å². The molecule has 1 atom stereocenters. The van der Waals surface area contributed by atoms with Gasteiger partial charge in [-0.25, -0.2) is 4.79 Å². The van der Waals surface area contributed by atoms with Gasteiger partial charge in [-0.15, -0.1) is 0 Å². The van der Waals surface area contributed by atoms with E-state index in [2.05, 4.69) is 10.6 Å². The fraction of sp³-hybridized carbons (Fsp3) is 0.389. The number of aliphatic hydroxyl groups excluding tert-OH is 1. The fourth-order valence-electron chi connectivity index (χ4n) is 2.09. The molecule has 0 bridgehead atoms. The average molecular weight is 332 g/mol. The molecule has 0 saturated carbocycles. The number of furan rings is 1. The molecule has 130 valence electrons. The lowest BCUT2D eigenvalue weighted by Crippen LogP contribution is -2.37. The van der Waals surface area contributed by atoms with Crippen LogP contribution < -0.4 is 15.4 Å². The summed E-state index contributed by atoms with van der Waals surface area (Å²) in [5.41, 5.74) is 0.570. The van der Waals surface area contributed by atoms with Gasteiger partial charge < -0.3 is 24.9 Å². The molecule has 0 fully saturated rings. The Balaban J connectivity index is 1.83. The molecule has 1 aromatic carbocycles. The molecule has 1 unspecified atom stereocenters. The van der Waals surface area contributed by atoms with Crippen molar-refractivity contribution in [2.45, 2.75) is 39.0 Å². The van der Waals surface area contributed by atoms with Crippen molar-refractivity contribution in [1.29, 1.82) is 0 Å². The first-order valence-corrected chi connectivity index (χ1v) is 7.85. The van der Waals surface area contributed by atoms with Crippen LogP contribution in [-0.2, 0) is 6.54 Å². The minimum absolute atomic E-state index is 0.0689. The summed E-state index contributed by atoms with van der Waals surface area (Å²) in [7, 11) is 0. The van der Waals surface area contributed by atoms with E-state index < -0.39 is 6.10 Å². The number of ether oxygens (including phenoxy) is 1. The summed E-state index contributed by atoms with van der Waals surface area (Å²) in [5.74, 6) is 1.15. The molecular weight excluding hydrogens is 308 g/mol. The number of rotatable bonds is 6. The van der Waals surface area contributed by atoms with E-state index in [9.17, 15) is 9.90 Å². The molecule has 0 aliphatic carbocycles. The summed E-state index contributed by atoms with van der Waals surface area (Å²) in [6.07, 6.45) is 0.604. The van der Waals surface area contributed by atoms with Crippen molar-refractivity contribution in [3.63, 3.8) is 0 Å². The molecule has 2 aromatic rings. The maximum atomic E-state index is 11.9. The number of nitrogens with one attached hydrogen (secondary N) is 2. The molecule has 0 radical (unpaired) electrons. The standard InChI is InChI=1S/C18H24N2O4/c1-18(2,3)24-15-8-5-4-7-13(15)11-19-17(22)20-12-14(21)16-9-6-10-23-16/h4-10,14,21H,11-12H2,1-3H3,(H2,19,20,22). The maximum absolute atomic E-state index is 11.9. The number of aliphatic hydroxyl groups is 1. The maximum Gasteiger partial charge on any atom is 0.315 e. The van der Waals surface area contributed by atoms with Crippen LogP contribution in [0, 0.1) is 0 Å². The number of urea groups is 1. The zero-order chi connectivity index (χ0) is 17.6. The highest BCUT2D eigenvalue weighted by molar-refractivity contribution is 5.73. The van der Waals surface area contributed by atoms with E-state index in [0.29, 0.717) is 12.3 Å². The minimum Gasteiger partial charge on any atom is -0.488 e. The number of hydrogen-bond donors (Lipinski definition) is 3. The van der Waals surface area contributed by atoms with Gasteiger partial charge in [-0.2, -0.15) is 0 Å². The van der Waals surface area contributed by atoms with Gasteiger partial charge in [0.05, 0.1) is 12.8 Å². The van der Waals surface area contributed by atoms with E-state index in [1.807, 2.05) is 45.0 Å². The molecule has 1 heterocycles.